The minimum Gasteiger partial charge on any atom is -0.308 e. The van der Waals surface area contributed by atoms with Gasteiger partial charge in [0.1, 0.15) is 0 Å². The molecule has 0 atom stereocenters. The fraction of sp³-hybridized carbons (Fsp3) is 0. The first kappa shape index (κ1) is 36.0. The lowest BCUT2D eigenvalue weighted by Crippen LogP contribution is -2.03. The van der Waals surface area contributed by atoms with E-state index in [0.717, 1.165) is 67.1 Å². The molecule has 3 nitrogen and oxygen atoms in total. The van der Waals surface area contributed by atoms with Gasteiger partial charge in [-0.2, -0.15) is 0 Å². The average Bonchev–Trinajstić information content (AvgIpc) is 3.67. The van der Waals surface area contributed by atoms with Crippen molar-refractivity contribution in [3.05, 3.63) is 237 Å². The van der Waals surface area contributed by atoms with Gasteiger partial charge in [0.05, 0.1) is 28.1 Å². The fourth-order valence-corrected chi connectivity index (χ4v) is 8.65. The molecule has 0 N–H and O–H groups in total. The standard InChI is InChI=1S/C58H39N3/c1-7-19-40(20-8-1)46-31-33-55-51(35-46)52-36-47(41-21-9-2-10-22-41)32-34-56(52)61(55)57-49(42-23-11-3-12-24-42)37-48(38-50(57)43-25-13-4-14-26-43)54-39-53(44-27-15-5-16-28-44)59-58(60-54)45-29-17-6-18-30-45/h1-39H. The molecule has 0 saturated heterocycles. The number of fused-ring (bicyclic) bond motifs is 3. The number of rotatable bonds is 8. The number of aromatic nitrogens is 3. The normalized spacial score (nSPS) is 11.3. The molecule has 0 bridgehead atoms. The Labute approximate surface area is 355 Å². The summed E-state index contributed by atoms with van der Waals surface area (Å²) in [6.07, 6.45) is 0. The van der Waals surface area contributed by atoms with Crippen molar-refractivity contribution in [2.45, 2.75) is 0 Å². The van der Waals surface area contributed by atoms with E-state index in [1.165, 1.54) is 33.0 Å². The molecule has 0 spiro atoms. The zero-order valence-electron chi connectivity index (χ0n) is 33.4. The van der Waals surface area contributed by atoms with Crippen molar-refractivity contribution in [3.8, 4) is 84.1 Å². The van der Waals surface area contributed by atoms with Crippen molar-refractivity contribution in [2.24, 2.45) is 0 Å². The molecule has 2 aromatic heterocycles. The van der Waals surface area contributed by atoms with Crippen molar-refractivity contribution in [2.75, 3.05) is 0 Å². The summed E-state index contributed by atoms with van der Waals surface area (Å²) in [5.41, 5.74) is 17.4. The minimum absolute atomic E-state index is 0.689. The van der Waals surface area contributed by atoms with Crippen LogP contribution in [0.4, 0.5) is 0 Å². The van der Waals surface area contributed by atoms with E-state index < -0.39 is 0 Å². The molecule has 0 fully saturated rings. The zero-order chi connectivity index (χ0) is 40.5. The molecule has 11 rings (SSSR count). The van der Waals surface area contributed by atoms with Crippen LogP contribution in [0.1, 0.15) is 0 Å². The van der Waals surface area contributed by atoms with Crippen LogP contribution in [0.3, 0.4) is 0 Å². The molecule has 11 aromatic rings. The molecule has 0 aliphatic rings. The lowest BCUT2D eigenvalue weighted by atomic mass is 9.91. The van der Waals surface area contributed by atoms with Crippen LogP contribution < -0.4 is 0 Å². The van der Waals surface area contributed by atoms with Gasteiger partial charge in [-0.15, -0.1) is 0 Å². The molecular weight excluding hydrogens is 739 g/mol. The van der Waals surface area contributed by atoms with E-state index >= 15 is 0 Å². The molecule has 0 aliphatic heterocycles. The third-order valence-electron chi connectivity index (χ3n) is 11.6. The summed E-state index contributed by atoms with van der Waals surface area (Å²) >= 11 is 0. The van der Waals surface area contributed by atoms with Crippen LogP contribution in [-0.2, 0) is 0 Å². The third-order valence-corrected chi connectivity index (χ3v) is 11.6. The Morgan fingerprint density at radius 1 is 0.262 bits per heavy atom. The summed E-state index contributed by atoms with van der Waals surface area (Å²) in [5.74, 6) is 0.689. The Hall–Kier alpha value is -8.14. The smallest absolute Gasteiger partial charge is 0.160 e. The van der Waals surface area contributed by atoms with Gasteiger partial charge in [0.2, 0.25) is 0 Å². The van der Waals surface area contributed by atoms with Gasteiger partial charge >= 0.3 is 0 Å². The van der Waals surface area contributed by atoms with Crippen LogP contribution in [0.25, 0.3) is 106 Å². The summed E-state index contributed by atoms with van der Waals surface area (Å²) in [4.78, 5) is 10.5. The molecule has 2 heterocycles. The summed E-state index contributed by atoms with van der Waals surface area (Å²) in [5, 5.41) is 2.40. The van der Waals surface area contributed by atoms with Gasteiger partial charge in [0, 0.05) is 38.6 Å². The van der Waals surface area contributed by atoms with E-state index in [-0.39, 0.29) is 0 Å². The fourth-order valence-electron chi connectivity index (χ4n) is 8.65. The average molecular weight is 778 g/mol. The van der Waals surface area contributed by atoms with Crippen molar-refractivity contribution in [1.29, 1.82) is 0 Å². The maximum atomic E-state index is 5.32. The molecule has 0 saturated carbocycles. The lowest BCUT2D eigenvalue weighted by Gasteiger charge is -2.21. The van der Waals surface area contributed by atoms with E-state index in [0.29, 0.717) is 5.82 Å². The molecule has 0 aliphatic carbocycles. The largest absolute Gasteiger partial charge is 0.308 e. The first-order valence-electron chi connectivity index (χ1n) is 20.7. The van der Waals surface area contributed by atoms with Crippen LogP contribution >= 0.6 is 0 Å². The highest BCUT2D eigenvalue weighted by Crippen LogP contribution is 2.45. The Morgan fingerprint density at radius 2 is 0.623 bits per heavy atom. The first-order chi connectivity index (χ1) is 30.2. The summed E-state index contributed by atoms with van der Waals surface area (Å²) in [7, 11) is 0. The molecule has 0 amide bonds. The monoisotopic (exact) mass is 777 g/mol. The van der Waals surface area contributed by atoms with Gasteiger partial charge in [-0.1, -0.05) is 194 Å². The maximum absolute atomic E-state index is 5.32. The highest BCUT2D eigenvalue weighted by molar-refractivity contribution is 6.13. The molecule has 0 unspecified atom stereocenters. The Balaban J connectivity index is 1.24. The number of hydrogen-bond acceptors (Lipinski definition) is 2. The van der Waals surface area contributed by atoms with Crippen LogP contribution in [-0.4, -0.2) is 14.5 Å². The van der Waals surface area contributed by atoms with Gasteiger partial charge in [-0.25, -0.2) is 9.97 Å². The number of nitrogens with zero attached hydrogens (tertiary/aromatic N) is 3. The highest BCUT2D eigenvalue weighted by atomic mass is 15.0. The summed E-state index contributed by atoms with van der Waals surface area (Å²) < 4.78 is 2.49. The van der Waals surface area contributed by atoms with Crippen molar-refractivity contribution in [1.82, 2.24) is 14.5 Å². The van der Waals surface area contributed by atoms with Crippen molar-refractivity contribution in [3.63, 3.8) is 0 Å². The Bertz CT molecular complexity index is 3090. The van der Waals surface area contributed by atoms with E-state index in [2.05, 4.69) is 217 Å². The molecule has 0 radical (unpaired) electrons. The molecule has 9 aromatic carbocycles. The van der Waals surface area contributed by atoms with Gasteiger partial charge in [-0.3, -0.25) is 0 Å². The molecule has 3 heteroatoms. The lowest BCUT2D eigenvalue weighted by molar-refractivity contribution is 1.17. The predicted octanol–water partition coefficient (Wildman–Crippen LogP) is 15.2. The van der Waals surface area contributed by atoms with Crippen LogP contribution in [0.2, 0.25) is 0 Å². The topological polar surface area (TPSA) is 30.7 Å². The third kappa shape index (κ3) is 6.78. The molecular formula is C58H39N3. The van der Waals surface area contributed by atoms with Gasteiger partial charge in [0.15, 0.2) is 5.82 Å². The van der Waals surface area contributed by atoms with Crippen LogP contribution in [0, 0.1) is 0 Å². The first-order valence-corrected chi connectivity index (χ1v) is 20.7. The summed E-state index contributed by atoms with van der Waals surface area (Å²) in [6, 6.07) is 84.3. The summed E-state index contributed by atoms with van der Waals surface area (Å²) in [6.45, 7) is 0. The van der Waals surface area contributed by atoms with Crippen molar-refractivity contribution < 1.29 is 0 Å². The van der Waals surface area contributed by atoms with Gasteiger partial charge in [-0.05, 0) is 75.8 Å². The predicted molar refractivity (Wildman–Crippen MR) is 254 cm³/mol. The van der Waals surface area contributed by atoms with Gasteiger partial charge < -0.3 is 4.57 Å². The van der Waals surface area contributed by atoms with Crippen molar-refractivity contribution >= 4 is 21.8 Å². The second-order valence-electron chi connectivity index (χ2n) is 15.4. The van der Waals surface area contributed by atoms with E-state index in [1.807, 2.05) is 24.3 Å². The zero-order valence-corrected chi connectivity index (χ0v) is 33.4. The SMILES string of the molecule is c1ccc(-c2ccc3c(c2)c2cc(-c4ccccc4)ccc2n3-c2c(-c3ccccc3)cc(-c3cc(-c4ccccc4)nc(-c4ccccc4)n3)cc2-c2ccccc2)cc1. The van der Waals surface area contributed by atoms with E-state index in [9.17, 15) is 0 Å². The number of hydrogen-bond donors (Lipinski definition) is 0. The minimum atomic E-state index is 0.689. The Kier molecular flexibility index (Phi) is 9.18. The van der Waals surface area contributed by atoms with Gasteiger partial charge in [0.25, 0.3) is 0 Å². The Morgan fingerprint density at radius 3 is 1.05 bits per heavy atom. The number of benzene rings is 9. The second kappa shape index (κ2) is 15.6. The maximum Gasteiger partial charge on any atom is 0.160 e. The van der Waals surface area contributed by atoms with E-state index in [1.54, 1.807) is 0 Å². The molecule has 61 heavy (non-hydrogen) atoms. The highest BCUT2D eigenvalue weighted by Gasteiger charge is 2.23. The second-order valence-corrected chi connectivity index (χ2v) is 15.4. The quantitative estimate of drug-likeness (QED) is 0.154. The van der Waals surface area contributed by atoms with E-state index in [4.69, 9.17) is 9.97 Å². The van der Waals surface area contributed by atoms with Crippen LogP contribution in [0.15, 0.2) is 237 Å². The van der Waals surface area contributed by atoms with Crippen LogP contribution in [0.5, 0.6) is 0 Å². The molecule has 286 valence electrons.